The van der Waals surface area contributed by atoms with Crippen LogP contribution in [0, 0.1) is 6.92 Å². The number of aryl methyl sites for hydroxylation is 1. The van der Waals surface area contributed by atoms with Crippen LogP contribution in [0.25, 0.3) is 0 Å². The minimum atomic E-state index is -0.0113. The van der Waals surface area contributed by atoms with Gasteiger partial charge in [0.2, 0.25) is 0 Å². The first-order chi connectivity index (χ1) is 12.6. The fourth-order valence-electron chi connectivity index (χ4n) is 4.24. The molecule has 2 nitrogen and oxygen atoms in total. The minimum Gasteiger partial charge on any atom is -0.375 e. The van der Waals surface area contributed by atoms with Crippen LogP contribution in [0.4, 0.5) is 0 Å². The van der Waals surface area contributed by atoms with Gasteiger partial charge >= 0.3 is 0 Å². The molecule has 1 saturated heterocycles. The zero-order valence-electron chi connectivity index (χ0n) is 16.6. The van der Waals surface area contributed by atoms with Gasteiger partial charge in [-0.1, -0.05) is 67.1 Å². The number of hydrogen-bond donors (Lipinski definition) is 1. The predicted molar refractivity (Wildman–Crippen MR) is 110 cm³/mol. The molecule has 2 atom stereocenters. The molecule has 0 unspecified atom stereocenters. The van der Waals surface area contributed by atoms with Crippen molar-refractivity contribution in [2.24, 2.45) is 0 Å². The molecule has 2 heteroatoms. The molecule has 1 heterocycles. The lowest BCUT2D eigenvalue weighted by atomic mass is 9.66. The Labute approximate surface area is 159 Å². The van der Waals surface area contributed by atoms with Gasteiger partial charge in [0.1, 0.15) is 0 Å². The lowest BCUT2D eigenvalue weighted by Gasteiger charge is -2.47. The summed E-state index contributed by atoms with van der Waals surface area (Å²) in [5, 5.41) is 3.66. The molecule has 140 valence electrons. The minimum absolute atomic E-state index is 0.0113. The molecule has 1 aliphatic rings. The van der Waals surface area contributed by atoms with Gasteiger partial charge < -0.3 is 10.1 Å². The van der Waals surface area contributed by atoms with E-state index < -0.39 is 0 Å². The van der Waals surface area contributed by atoms with Crippen LogP contribution in [-0.4, -0.2) is 18.8 Å². The van der Waals surface area contributed by atoms with E-state index in [1.165, 1.54) is 16.7 Å². The molecule has 0 aromatic heterocycles. The van der Waals surface area contributed by atoms with Crippen LogP contribution in [0.15, 0.2) is 54.6 Å². The highest BCUT2D eigenvalue weighted by Crippen LogP contribution is 2.45. The summed E-state index contributed by atoms with van der Waals surface area (Å²) in [4.78, 5) is 0. The van der Waals surface area contributed by atoms with Gasteiger partial charge in [-0.15, -0.1) is 0 Å². The van der Waals surface area contributed by atoms with Crippen LogP contribution in [0.1, 0.15) is 56.2 Å². The molecule has 0 aliphatic carbocycles. The molecule has 0 spiro atoms. The van der Waals surface area contributed by atoms with Crippen molar-refractivity contribution in [1.29, 1.82) is 0 Å². The molecule has 3 rings (SSSR count). The van der Waals surface area contributed by atoms with Gasteiger partial charge in [-0.25, -0.2) is 0 Å². The average Bonchev–Trinajstić information content (AvgIpc) is 2.67. The largest absolute Gasteiger partial charge is 0.375 e. The van der Waals surface area contributed by atoms with E-state index in [4.69, 9.17) is 4.74 Å². The average molecular weight is 352 g/mol. The van der Waals surface area contributed by atoms with E-state index in [-0.39, 0.29) is 11.0 Å². The van der Waals surface area contributed by atoms with Crippen LogP contribution < -0.4 is 5.32 Å². The van der Waals surface area contributed by atoms with E-state index in [9.17, 15) is 0 Å². The standard InChI is InChI=1S/C24H33NO/c1-4-23(3)19-24(15-17-26-23,22-12-10-20(2)11-13-22)14-16-25-18-21-8-6-5-7-9-21/h5-13,25H,4,14-19H2,1-3H3/t23-,24-/m0/s1. The Kier molecular flexibility index (Phi) is 6.16. The van der Waals surface area contributed by atoms with E-state index in [1.807, 2.05) is 0 Å². The number of ether oxygens (including phenoxy) is 1. The van der Waals surface area contributed by atoms with Gasteiger partial charge in [0.05, 0.1) is 5.60 Å². The van der Waals surface area contributed by atoms with E-state index in [0.29, 0.717) is 0 Å². The second kappa shape index (κ2) is 8.37. The van der Waals surface area contributed by atoms with Crippen LogP contribution in [0.3, 0.4) is 0 Å². The molecule has 2 aromatic carbocycles. The van der Waals surface area contributed by atoms with Crippen molar-refractivity contribution in [1.82, 2.24) is 5.32 Å². The molecule has 26 heavy (non-hydrogen) atoms. The predicted octanol–water partition coefficient (Wildman–Crippen LogP) is 5.39. The topological polar surface area (TPSA) is 21.3 Å². The maximum Gasteiger partial charge on any atom is 0.0660 e. The van der Waals surface area contributed by atoms with Crippen molar-refractivity contribution in [3.63, 3.8) is 0 Å². The Morgan fingerprint density at radius 1 is 1.04 bits per heavy atom. The zero-order valence-corrected chi connectivity index (χ0v) is 16.6. The fraction of sp³-hybridized carbons (Fsp3) is 0.500. The van der Waals surface area contributed by atoms with E-state index in [0.717, 1.165) is 45.4 Å². The number of nitrogens with one attached hydrogen (secondary N) is 1. The Bertz CT molecular complexity index is 681. The summed E-state index contributed by atoms with van der Waals surface area (Å²) in [6.45, 7) is 9.52. The van der Waals surface area contributed by atoms with Crippen molar-refractivity contribution >= 4 is 0 Å². The van der Waals surface area contributed by atoms with Gasteiger partial charge in [0, 0.05) is 18.6 Å². The van der Waals surface area contributed by atoms with Crippen molar-refractivity contribution in [3.05, 3.63) is 71.3 Å². The highest BCUT2D eigenvalue weighted by atomic mass is 16.5. The Morgan fingerprint density at radius 2 is 1.77 bits per heavy atom. The molecule has 1 aliphatic heterocycles. The summed E-state index contributed by atoms with van der Waals surface area (Å²) in [5.74, 6) is 0. The number of benzene rings is 2. The van der Waals surface area contributed by atoms with Crippen molar-refractivity contribution in [2.45, 2.75) is 64.0 Å². The quantitative estimate of drug-likeness (QED) is 0.675. The fourth-order valence-corrected chi connectivity index (χ4v) is 4.24. The summed E-state index contributed by atoms with van der Waals surface area (Å²) >= 11 is 0. The van der Waals surface area contributed by atoms with Gasteiger partial charge in [-0.3, -0.25) is 0 Å². The molecular formula is C24H33NO. The normalized spacial score (nSPS) is 26.0. The van der Waals surface area contributed by atoms with Gasteiger partial charge in [0.15, 0.2) is 0 Å². The molecule has 1 fully saturated rings. The van der Waals surface area contributed by atoms with Crippen LogP contribution in [0.5, 0.6) is 0 Å². The van der Waals surface area contributed by atoms with E-state index in [2.05, 4.69) is 80.7 Å². The highest BCUT2D eigenvalue weighted by Gasteiger charge is 2.43. The number of hydrogen-bond acceptors (Lipinski definition) is 2. The lowest BCUT2D eigenvalue weighted by Crippen LogP contribution is -2.46. The van der Waals surface area contributed by atoms with Crippen molar-refractivity contribution < 1.29 is 4.74 Å². The van der Waals surface area contributed by atoms with Crippen LogP contribution in [0.2, 0.25) is 0 Å². The second-order valence-electron chi connectivity index (χ2n) is 8.14. The first-order valence-corrected chi connectivity index (χ1v) is 10.0. The van der Waals surface area contributed by atoms with Crippen molar-refractivity contribution in [3.8, 4) is 0 Å². The van der Waals surface area contributed by atoms with Crippen LogP contribution >= 0.6 is 0 Å². The van der Waals surface area contributed by atoms with Gasteiger partial charge in [0.25, 0.3) is 0 Å². The summed E-state index contributed by atoms with van der Waals surface area (Å²) < 4.78 is 6.17. The number of rotatable bonds is 7. The molecule has 2 aromatic rings. The lowest BCUT2D eigenvalue weighted by molar-refractivity contribution is -0.0979. The van der Waals surface area contributed by atoms with E-state index in [1.54, 1.807) is 0 Å². The smallest absolute Gasteiger partial charge is 0.0660 e. The summed E-state index contributed by atoms with van der Waals surface area (Å²) in [7, 11) is 0. The summed E-state index contributed by atoms with van der Waals surface area (Å²) in [5.41, 5.74) is 4.36. The first-order valence-electron chi connectivity index (χ1n) is 10.0. The molecule has 0 radical (unpaired) electrons. The third-order valence-corrected chi connectivity index (χ3v) is 6.11. The Morgan fingerprint density at radius 3 is 2.46 bits per heavy atom. The monoisotopic (exact) mass is 351 g/mol. The first kappa shape index (κ1) is 19.1. The third kappa shape index (κ3) is 4.55. The molecule has 0 bridgehead atoms. The van der Waals surface area contributed by atoms with E-state index >= 15 is 0 Å². The maximum atomic E-state index is 6.17. The maximum absolute atomic E-state index is 6.17. The SMILES string of the molecule is CC[C@@]1(C)C[C@@](CCNCc2ccccc2)(c2ccc(C)cc2)CCO1. The Balaban J connectivity index is 1.72. The molecule has 1 N–H and O–H groups in total. The highest BCUT2D eigenvalue weighted by molar-refractivity contribution is 5.30. The molecule has 0 amide bonds. The molecular weight excluding hydrogens is 318 g/mol. The third-order valence-electron chi connectivity index (χ3n) is 6.11. The summed E-state index contributed by atoms with van der Waals surface area (Å²) in [6, 6.07) is 19.9. The van der Waals surface area contributed by atoms with Gasteiger partial charge in [-0.05, 0) is 57.2 Å². The zero-order chi connectivity index (χ0) is 18.5. The second-order valence-corrected chi connectivity index (χ2v) is 8.14. The summed E-state index contributed by atoms with van der Waals surface area (Å²) in [6.07, 6.45) is 4.44. The van der Waals surface area contributed by atoms with Gasteiger partial charge in [-0.2, -0.15) is 0 Å². The van der Waals surface area contributed by atoms with Crippen LogP contribution in [-0.2, 0) is 16.7 Å². The molecule has 0 saturated carbocycles. The Hall–Kier alpha value is -1.64. The van der Waals surface area contributed by atoms with Crippen molar-refractivity contribution in [2.75, 3.05) is 13.2 Å².